The van der Waals surface area contributed by atoms with Crippen molar-refractivity contribution in [3.05, 3.63) is 112 Å². The lowest BCUT2D eigenvalue weighted by Gasteiger charge is -2.17. The van der Waals surface area contributed by atoms with Crippen LogP contribution in [-0.2, 0) is 6.18 Å². The maximum Gasteiger partial charge on any atom is 0.416 e. The highest BCUT2D eigenvalue weighted by Gasteiger charge is 2.30. The van der Waals surface area contributed by atoms with Crippen LogP contribution >= 0.6 is 11.6 Å². The Morgan fingerprint density at radius 1 is 0.939 bits per heavy atom. The number of benzene rings is 3. The van der Waals surface area contributed by atoms with E-state index in [1.54, 1.807) is 42.5 Å². The van der Waals surface area contributed by atoms with Gasteiger partial charge in [0.2, 0.25) is 0 Å². The van der Waals surface area contributed by atoms with Crippen molar-refractivity contribution >= 4 is 23.2 Å². The van der Waals surface area contributed by atoms with Crippen molar-refractivity contribution in [2.45, 2.75) is 12.3 Å². The van der Waals surface area contributed by atoms with Gasteiger partial charge in [0.15, 0.2) is 5.76 Å². The second-order valence-corrected chi connectivity index (χ2v) is 7.68. The Morgan fingerprint density at radius 3 is 2.42 bits per heavy atom. The largest absolute Gasteiger partial charge is 0.451 e. The summed E-state index contributed by atoms with van der Waals surface area (Å²) in [6, 6.07) is 21.0. The molecule has 4 rings (SSSR count). The van der Waals surface area contributed by atoms with Crippen LogP contribution in [0.25, 0.3) is 11.3 Å². The number of rotatable bonds is 5. The van der Waals surface area contributed by atoms with Crippen molar-refractivity contribution in [2.24, 2.45) is 0 Å². The molecule has 0 aliphatic rings. The first kappa shape index (κ1) is 22.6. The van der Waals surface area contributed by atoms with E-state index in [1.807, 2.05) is 6.07 Å². The minimum atomic E-state index is -4.49. The van der Waals surface area contributed by atoms with Crippen molar-refractivity contribution in [2.75, 3.05) is 5.32 Å². The molecule has 0 aliphatic heterocycles. The van der Waals surface area contributed by atoms with Crippen molar-refractivity contribution in [1.82, 2.24) is 0 Å². The van der Waals surface area contributed by atoms with Crippen molar-refractivity contribution < 1.29 is 27.5 Å². The number of anilines is 1. The molecule has 1 amide bonds. The molecule has 1 heterocycles. The Hall–Kier alpha value is -3.55. The Kier molecular flexibility index (Phi) is 6.26. The molecule has 4 nitrogen and oxygen atoms in total. The van der Waals surface area contributed by atoms with Crippen molar-refractivity contribution in [3.63, 3.8) is 0 Å². The zero-order chi connectivity index (χ0) is 23.6. The Balaban J connectivity index is 1.59. The summed E-state index contributed by atoms with van der Waals surface area (Å²) in [6.45, 7) is 0. The van der Waals surface area contributed by atoms with Crippen LogP contribution < -0.4 is 5.32 Å². The summed E-state index contributed by atoms with van der Waals surface area (Å²) in [5, 5.41) is 13.9. The molecule has 0 aliphatic carbocycles. The smallest absolute Gasteiger partial charge is 0.416 e. The Labute approximate surface area is 192 Å². The number of carbonyl (C=O) groups is 1. The van der Waals surface area contributed by atoms with Gasteiger partial charge in [-0.3, -0.25) is 4.79 Å². The summed E-state index contributed by atoms with van der Waals surface area (Å²) >= 11 is 6.10. The van der Waals surface area contributed by atoms with Crippen LogP contribution in [0, 0.1) is 0 Å². The summed E-state index contributed by atoms with van der Waals surface area (Å²) in [5.74, 6) is -0.610. The van der Waals surface area contributed by atoms with Gasteiger partial charge in [-0.25, -0.2) is 0 Å². The number of hydrogen-bond acceptors (Lipinski definition) is 3. The third-order valence-corrected chi connectivity index (χ3v) is 5.21. The fraction of sp³-hybridized carbons (Fsp3) is 0.0800. The minimum absolute atomic E-state index is 0.0995. The van der Waals surface area contributed by atoms with Crippen LogP contribution in [0.5, 0.6) is 0 Å². The third-order valence-electron chi connectivity index (χ3n) is 4.98. The van der Waals surface area contributed by atoms with Gasteiger partial charge in [0, 0.05) is 21.8 Å². The van der Waals surface area contributed by atoms with Gasteiger partial charge in [-0.05, 0) is 48.0 Å². The van der Waals surface area contributed by atoms with Gasteiger partial charge in [0.25, 0.3) is 5.91 Å². The van der Waals surface area contributed by atoms with E-state index in [4.69, 9.17) is 16.0 Å². The van der Waals surface area contributed by atoms with Crippen LogP contribution in [0.2, 0.25) is 5.02 Å². The third kappa shape index (κ3) is 5.10. The number of alkyl halides is 3. The highest BCUT2D eigenvalue weighted by atomic mass is 35.5. The minimum Gasteiger partial charge on any atom is -0.451 e. The number of carbonyl (C=O) groups excluding carboxylic acids is 1. The predicted molar refractivity (Wildman–Crippen MR) is 119 cm³/mol. The molecule has 1 aromatic heterocycles. The van der Waals surface area contributed by atoms with E-state index in [2.05, 4.69) is 5.32 Å². The maximum absolute atomic E-state index is 13.0. The Morgan fingerprint density at radius 2 is 1.70 bits per heavy atom. The monoisotopic (exact) mass is 471 g/mol. The van der Waals surface area contributed by atoms with Crippen molar-refractivity contribution in [1.29, 1.82) is 0 Å². The summed E-state index contributed by atoms with van der Waals surface area (Å²) < 4.78 is 44.5. The molecule has 0 saturated heterocycles. The van der Waals surface area contributed by atoms with E-state index in [-0.39, 0.29) is 17.1 Å². The SMILES string of the molecule is O=C(Nc1ccc(Cl)cc1[C@@H](O)c1ccccc1)c1ccc(-c2cccc(C(F)(F)F)c2)o1. The van der Waals surface area contributed by atoms with Crippen molar-refractivity contribution in [3.8, 4) is 11.3 Å². The molecule has 0 spiro atoms. The normalized spacial score (nSPS) is 12.4. The van der Waals surface area contributed by atoms with Crippen LogP contribution in [0.15, 0.2) is 89.3 Å². The maximum atomic E-state index is 13.0. The highest BCUT2D eigenvalue weighted by molar-refractivity contribution is 6.30. The number of aliphatic hydroxyl groups is 1. The van der Waals surface area contributed by atoms with E-state index in [0.717, 1.165) is 12.1 Å². The van der Waals surface area contributed by atoms with Gasteiger partial charge in [0.05, 0.1) is 5.56 Å². The molecular weight excluding hydrogens is 455 g/mol. The molecule has 0 unspecified atom stereocenters. The van der Waals surface area contributed by atoms with E-state index < -0.39 is 23.8 Å². The number of aliphatic hydroxyl groups excluding tert-OH is 1. The van der Waals surface area contributed by atoms with Crippen LogP contribution in [-0.4, -0.2) is 11.0 Å². The predicted octanol–water partition coefficient (Wildman–Crippen LogP) is 6.95. The second kappa shape index (κ2) is 9.13. The average molecular weight is 472 g/mol. The first-order valence-electron chi connectivity index (χ1n) is 9.83. The molecule has 168 valence electrons. The quantitative estimate of drug-likeness (QED) is 0.331. The van der Waals surface area contributed by atoms with Gasteiger partial charge < -0.3 is 14.8 Å². The van der Waals surface area contributed by atoms with Crippen LogP contribution in [0.1, 0.15) is 33.3 Å². The lowest BCUT2D eigenvalue weighted by Crippen LogP contribution is -2.14. The number of nitrogens with one attached hydrogen (secondary N) is 1. The number of furan rings is 1. The topological polar surface area (TPSA) is 62.5 Å². The number of amides is 1. The van der Waals surface area contributed by atoms with E-state index >= 15 is 0 Å². The lowest BCUT2D eigenvalue weighted by molar-refractivity contribution is -0.137. The summed E-state index contributed by atoms with van der Waals surface area (Å²) in [4.78, 5) is 12.8. The molecule has 0 fully saturated rings. The molecule has 0 saturated carbocycles. The standard InChI is InChI=1S/C25H17ClF3NO3/c26-18-9-10-20(19(14-18)23(31)15-5-2-1-3-6-15)30-24(32)22-12-11-21(33-22)16-7-4-8-17(13-16)25(27,28)29/h1-14,23,31H,(H,30,32)/t23-/m0/s1. The highest BCUT2D eigenvalue weighted by Crippen LogP contribution is 2.34. The summed E-state index contributed by atoms with van der Waals surface area (Å²) in [5.41, 5.74) is 0.684. The molecule has 2 N–H and O–H groups in total. The van der Waals surface area contributed by atoms with Gasteiger partial charge in [-0.2, -0.15) is 13.2 Å². The average Bonchev–Trinajstić information content (AvgIpc) is 3.30. The molecule has 33 heavy (non-hydrogen) atoms. The second-order valence-electron chi connectivity index (χ2n) is 7.24. The van der Waals surface area contributed by atoms with Crippen LogP contribution in [0.3, 0.4) is 0 Å². The first-order chi connectivity index (χ1) is 15.7. The van der Waals surface area contributed by atoms with Gasteiger partial charge in [-0.15, -0.1) is 0 Å². The molecule has 0 bridgehead atoms. The van der Waals surface area contributed by atoms with Crippen LogP contribution in [0.4, 0.5) is 18.9 Å². The lowest BCUT2D eigenvalue weighted by atomic mass is 10.00. The molecule has 4 aromatic rings. The van der Waals surface area contributed by atoms with Gasteiger partial charge in [-0.1, -0.05) is 54.1 Å². The van der Waals surface area contributed by atoms with E-state index in [1.165, 1.54) is 24.3 Å². The number of hydrogen-bond donors (Lipinski definition) is 2. The fourth-order valence-electron chi connectivity index (χ4n) is 3.34. The molecular formula is C25H17ClF3NO3. The van der Waals surface area contributed by atoms with Gasteiger partial charge in [0.1, 0.15) is 11.9 Å². The zero-order valence-corrected chi connectivity index (χ0v) is 17.7. The molecule has 1 atom stereocenters. The number of halogens is 4. The molecule has 3 aromatic carbocycles. The van der Waals surface area contributed by atoms with E-state index in [9.17, 15) is 23.1 Å². The summed E-state index contributed by atoms with van der Waals surface area (Å²) in [7, 11) is 0. The summed E-state index contributed by atoms with van der Waals surface area (Å²) in [6.07, 6.45) is -5.54. The fourth-order valence-corrected chi connectivity index (χ4v) is 3.52. The molecule has 8 heteroatoms. The molecule has 0 radical (unpaired) electrons. The van der Waals surface area contributed by atoms with Gasteiger partial charge >= 0.3 is 6.18 Å². The first-order valence-corrected chi connectivity index (χ1v) is 10.2. The zero-order valence-electron chi connectivity index (χ0n) is 16.9. The van der Waals surface area contributed by atoms with E-state index in [0.29, 0.717) is 21.8 Å². The Bertz CT molecular complexity index is 1290.